The highest BCUT2D eigenvalue weighted by molar-refractivity contribution is 6.01. The molecular weight excluding hydrogens is 783 g/mol. The molecule has 65 heavy (non-hydrogen) atoms. The standard InChI is InChI=1S/C64H45N/c1-64(50-38-32-45(33-39-50)44-16-3-2-4-17-44)60-29-11-9-25-59(60)63-58(28-15-30-61(63)64)57-24-10-12-31-62(57)65(51-40-34-48(35-41-51)55-26-13-20-46-18-5-7-22-53(46)55)52-42-36-49(37-43-52)56-27-14-21-47-19-6-8-23-54(47)56/h2-43H,1H3. The van der Waals surface area contributed by atoms with Gasteiger partial charge in [-0.2, -0.15) is 0 Å². The Labute approximate surface area is 381 Å². The summed E-state index contributed by atoms with van der Waals surface area (Å²) in [4.78, 5) is 2.44. The lowest BCUT2D eigenvalue weighted by atomic mass is 9.74. The maximum absolute atomic E-state index is 2.44. The van der Waals surface area contributed by atoms with E-state index >= 15 is 0 Å². The quantitative estimate of drug-likeness (QED) is 0.147. The van der Waals surface area contributed by atoms with Gasteiger partial charge in [-0.05, 0) is 126 Å². The average molecular weight is 828 g/mol. The van der Waals surface area contributed by atoms with Crippen LogP contribution in [0.4, 0.5) is 17.1 Å². The molecule has 0 saturated heterocycles. The number of rotatable bonds is 8. The maximum Gasteiger partial charge on any atom is 0.0540 e. The van der Waals surface area contributed by atoms with E-state index in [9.17, 15) is 0 Å². The molecule has 0 saturated carbocycles. The van der Waals surface area contributed by atoms with Crippen molar-refractivity contribution in [3.8, 4) is 55.6 Å². The van der Waals surface area contributed by atoms with Crippen molar-refractivity contribution >= 4 is 38.6 Å². The van der Waals surface area contributed by atoms with E-state index in [0.29, 0.717) is 0 Å². The van der Waals surface area contributed by atoms with E-state index in [4.69, 9.17) is 0 Å². The summed E-state index contributed by atoms with van der Waals surface area (Å²) in [5.41, 5.74) is 19.2. The minimum Gasteiger partial charge on any atom is -0.310 e. The van der Waals surface area contributed by atoms with Crippen molar-refractivity contribution in [2.45, 2.75) is 12.3 Å². The van der Waals surface area contributed by atoms with E-state index in [-0.39, 0.29) is 5.41 Å². The van der Waals surface area contributed by atoms with Gasteiger partial charge in [0, 0.05) is 22.4 Å². The lowest BCUT2D eigenvalue weighted by molar-refractivity contribution is 0.714. The molecule has 0 aliphatic heterocycles. The van der Waals surface area contributed by atoms with Crippen LogP contribution in [0.1, 0.15) is 23.6 Å². The Hall–Kier alpha value is -8.26. The van der Waals surface area contributed by atoms with Crippen molar-refractivity contribution in [2.24, 2.45) is 0 Å². The van der Waals surface area contributed by atoms with Crippen molar-refractivity contribution in [3.63, 3.8) is 0 Å². The van der Waals surface area contributed by atoms with Gasteiger partial charge in [-0.3, -0.25) is 0 Å². The molecule has 0 N–H and O–H groups in total. The Morgan fingerprint density at radius 2 is 0.723 bits per heavy atom. The monoisotopic (exact) mass is 827 g/mol. The first kappa shape index (κ1) is 38.4. The van der Waals surface area contributed by atoms with Gasteiger partial charge in [-0.25, -0.2) is 0 Å². The average Bonchev–Trinajstić information content (AvgIpc) is 3.65. The number of fused-ring (bicyclic) bond motifs is 5. The molecule has 0 aromatic heterocycles. The molecule has 12 rings (SSSR count). The van der Waals surface area contributed by atoms with Crippen molar-refractivity contribution < 1.29 is 0 Å². The molecule has 0 fully saturated rings. The second-order valence-electron chi connectivity index (χ2n) is 17.3. The minimum absolute atomic E-state index is 0.347. The van der Waals surface area contributed by atoms with Crippen LogP contribution in [0, 0.1) is 0 Å². The molecule has 1 atom stereocenters. The number of anilines is 3. The largest absolute Gasteiger partial charge is 0.310 e. The normalized spacial score (nSPS) is 14.0. The second kappa shape index (κ2) is 15.8. The topological polar surface area (TPSA) is 3.24 Å². The highest BCUT2D eigenvalue weighted by Gasteiger charge is 2.42. The van der Waals surface area contributed by atoms with Gasteiger partial charge in [0.2, 0.25) is 0 Å². The fraction of sp³-hybridized carbons (Fsp3) is 0.0312. The first-order chi connectivity index (χ1) is 32.1. The second-order valence-corrected chi connectivity index (χ2v) is 17.3. The molecule has 11 aromatic carbocycles. The van der Waals surface area contributed by atoms with E-state index in [2.05, 4.69) is 267 Å². The molecule has 0 bridgehead atoms. The Kier molecular flexibility index (Phi) is 9.35. The molecule has 1 unspecified atom stereocenters. The zero-order valence-electron chi connectivity index (χ0n) is 36.2. The number of hydrogen-bond acceptors (Lipinski definition) is 1. The molecule has 0 heterocycles. The summed E-state index contributed by atoms with van der Waals surface area (Å²) in [6.07, 6.45) is 0. The third kappa shape index (κ3) is 6.47. The van der Waals surface area contributed by atoms with Crippen molar-refractivity contribution in [2.75, 3.05) is 4.90 Å². The molecule has 0 radical (unpaired) electrons. The fourth-order valence-electron chi connectivity index (χ4n) is 10.6. The smallest absolute Gasteiger partial charge is 0.0540 e. The van der Waals surface area contributed by atoms with Gasteiger partial charge in [-0.1, -0.05) is 224 Å². The predicted octanol–water partition coefficient (Wildman–Crippen LogP) is 17.5. The number of para-hydroxylation sites is 1. The lowest BCUT2D eigenvalue weighted by Gasteiger charge is -2.30. The van der Waals surface area contributed by atoms with E-state index in [0.717, 1.165) is 17.1 Å². The summed E-state index contributed by atoms with van der Waals surface area (Å²) < 4.78 is 0. The Morgan fingerprint density at radius 3 is 1.35 bits per heavy atom. The van der Waals surface area contributed by atoms with Crippen LogP contribution in [0.15, 0.2) is 255 Å². The molecule has 1 aliphatic carbocycles. The van der Waals surface area contributed by atoms with Crippen LogP contribution in [0.2, 0.25) is 0 Å². The summed E-state index contributed by atoms with van der Waals surface area (Å²) in [5, 5.41) is 5.00. The summed E-state index contributed by atoms with van der Waals surface area (Å²) in [5.74, 6) is 0. The van der Waals surface area contributed by atoms with Gasteiger partial charge < -0.3 is 4.90 Å². The van der Waals surface area contributed by atoms with Gasteiger partial charge in [0.25, 0.3) is 0 Å². The molecule has 306 valence electrons. The van der Waals surface area contributed by atoms with Gasteiger partial charge in [0.05, 0.1) is 5.69 Å². The van der Waals surface area contributed by atoms with Gasteiger partial charge in [0.1, 0.15) is 0 Å². The molecule has 0 spiro atoms. The maximum atomic E-state index is 2.44. The number of benzene rings is 11. The summed E-state index contributed by atoms with van der Waals surface area (Å²) in [6.45, 7) is 2.41. The van der Waals surface area contributed by atoms with Crippen molar-refractivity contribution in [1.82, 2.24) is 0 Å². The number of hydrogen-bond donors (Lipinski definition) is 0. The van der Waals surface area contributed by atoms with Crippen LogP contribution in [0.3, 0.4) is 0 Å². The highest BCUT2D eigenvalue weighted by atomic mass is 15.1. The highest BCUT2D eigenvalue weighted by Crippen LogP contribution is 2.56. The first-order valence-corrected chi connectivity index (χ1v) is 22.6. The summed E-state index contributed by atoms with van der Waals surface area (Å²) >= 11 is 0. The third-order valence-corrected chi connectivity index (χ3v) is 13.8. The SMILES string of the molecule is CC1(c2ccc(-c3ccccc3)cc2)c2ccccc2-c2c(-c3ccccc3N(c3ccc(-c4cccc5ccccc45)cc3)c3ccc(-c4cccc5ccccc45)cc3)cccc21. The third-order valence-electron chi connectivity index (χ3n) is 13.8. The van der Waals surface area contributed by atoms with Crippen molar-refractivity contribution in [1.29, 1.82) is 0 Å². The minimum atomic E-state index is -0.347. The van der Waals surface area contributed by atoms with Gasteiger partial charge >= 0.3 is 0 Å². The van der Waals surface area contributed by atoms with Crippen LogP contribution in [0.25, 0.3) is 77.2 Å². The zero-order chi connectivity index (χ0) is 43.3. The van der Waals surface area contributed by atoms with Crippen LogP contribution in [-0.4, -0.2) is 0 Å². The van der Waals surface area contributed by atoms with E-state index in [1.807, 2.05) is 0 Å². The molecular formula is C64H45N. The number of nitrogens with zero attached hydrogens (tertiary/aromatic N) is 1. The van der Waals surface area contributed by atoms with Crippen LogP contribution in [-0.2, 0) is 5.41 Å². The molecule has 1 aliphatic rings. The van der Waals surface area contributed by atoms with Crippen LogP contribution >= 0.6 is 0 Å². The van der Waals surface area contributed by atoms with E-state index in [1.165, 1.54) is 93.9 Å². The van der Waals surface area contributed by atoms with Gasteiger partial charge in [-0.15, -0.1) is 0 Å². The van der Waals surface area contributed by atoms with Crippen molar-refractivity contribution in [3.05, 3.63) is 271 Å². The van der Waals surface area contributed by atoms with Crippen LogP contribution < -0.4 is 4.90 Å². The molecule has 0 amide bonds. The van der Waals surface area contributed by atoms with E-state index < -0.39 is 0 Å². The molecule has 11 aromatic rings. The molecule has 1 heteroatoms. The fourth-order valence-corrected chi connectivity index (χ4v) is 10.6. The predicted molar refractivity (Wildman–Crippen MR) is 275 cm³/mol. The summed E-state index contributed by atoms with van der Waals surface area (Å²) in [7, 11) is 0. The Bertz CT molecular complexity index is 3400. The Balaban J connectivity index is 1.01. The Morgan fingerprint density at radius 1 is 0.292 bits per heavy atom. The first-order valence-electron chi connectivity index (χ1n) is 22.6. The lowest BCUT2D eigenvalue weighted by Crippen LogP contribution is -2.22. The van der Waals surface area contributed by atoms with E-state index in [1.54, 1.807) is 0 Å². The zero-order valence-corrected chi connectivity index (χ0v) is 36.2. The van der Waals surface area contributed by atoms with Crippen LogP contribution in [0.5, 0.6) is 0 Å². The summed E-state index contributed by atoms with van der Waals surface area (Å²) in [6, 6.07) is 93.5. The molecule has 1 nitrogen and oxygen atoms in total. The van der Waals surface area contributed by atoms with Gasteiger partial charge in [0.15, 0.2) is 0 Å².